The fourth-order valence-electron chi connectivity index (χ4n) is 2.78. The lowest BCUT2D eigenvalue weighted by Crippen LogP contribution is -2.47. The van der Waals surface area contributed by atoms with Crippen molar-refractivity contribution < 1.29 is 4.79 Å². The first-order valence-corrected chi connectivity index (χ1v) is 6.41. The van der Waals surface area contributed by atoms with Crippen molar-refractivity contribution in [1.82, 2.24) is 10.2 Å². The molecule has 2 rings (SSSR count). The van der Waals surface area contributed by atoms with Crippen LogP contribution in [0.4, 0.5) is 0 Å². The van der Waals surface area contributed by atoms with Crippen molar-refractivity contribution in [3.8, 4) is 0 Å². The molecule has 0 aromatic heterocycles. The van der Waals surface area contributed by atoms with E-state index in [1.54, 1.807) is 0 Å². The lowest BCUT2D eigenvalue weighted by Gasteiger charge is -2.30. The number of amides is 1. The van der Waals surface area contributed by atoms with Crippen LogP contribution in [0.15, 0.2) is 0 Å². The molecule has 1 aliphatic heterocycles. The van der Waals surface area contributed by atoms with E-state index in [1.165, 1.54) is 0 Å². The molecule has 0 bridgehead atoms. The summed E-state index contributed by atoms with van der Waals surface area (Å²) in [6.07, 6.45) is 5.23. The van der Waals surface area contributed by atoms with Crippen LogP contribution in [0.3, 0.4) is 0 Å². The Bertz CT molecular complexity index is 258. The van der Waals surface area contributed by atoms with Crippen molar-refractivity contribution in [2.75, 3.05) is 20.1 Å². The van der Waals surface area contributed by atoms with Crippen LogP contribution in [0.2, 0.25) is 0 Å². The molecule has 0 spiro atoms. The highest BCUT2D eigenvalue weighted by atomic mass is 35.5. The Hall–Kier alpha value is -0.0300. The molecule has 108 valence electrons. The summed E-state index contributed by atoms with van der Waals surface area (Å²) in [6.45, 7) is 2.17. The molecule has 1 saturated carbocycles. The van der Waals surface area contributed by atoms with Gasteiger partial charge < -0.3 is 16.0 Å². The second kappa shape index (κ2) is 8.20. The van der Waals surface area contributed by atoms with Crippen LogP contribution in [0.1, 0.15) is 32.1 Å². The average Bonchev–Trinajstić information content (AvgIpc) is 2.68. The van der Waals surface area contributed by atoms with Crippen molar-refractivity contribution in [2.24, 2.45) is 11.7 Å². The first-order chi connectivity index (χ1) is 7.66. The van der Waals surface area contributed by atoms with Crippen LogP contribution in [-0.2, 0) is 4.79 Å². The maximum absolute atomic E-state index is 12.0. The van der Waals surface area contributed by atoms with Gasteiger partial charge in [0.2, 0.25) is 5.91 Å². The molecule has 2 fully saturated rings. The number of halogens is 2. The van der Waals surface area contributed by atoms with E-state index in [0.29, 0.717) is 6.04 Å². The van der Waals surface area contributed by atoms with Crippen molar-refractivity contribution in [3.05, 3.63) is 0 Å². The lowest BCUT2D eigenvalue weighted by molar-refractivity contribution is -0.126. The number of piperidine rings is 1. The SMILES string of the molecule is CN1CCC(NC(=O)C2CCCC2N)CC1.Cl.Cl. The smallest absolute Gasteiger partial charge is 0.224 e. The summed E-state index contributed by atoms with van der Waals surface area (Å²) in [7, 11) is 2.13. The molecule has 4 nitrogen and oxygen atoms in total. The van der Waals surface area contributed by atoms with E-state index >= 15 is 0 Å². The van der Waals surface area contributed by atoms with Crippen LogP contribution >= 0.6 is 24.8 Å². The topological polar surface area (TPSA) is 58.4 Å². The molecule has 0 aromatic rings. The van der Waals surface area contributed by atoms with E-state index < -0.39 is 0 Å². The zero-order valence-corrected chi connectivity index (χ0v) is 12.6. The van der Waals surface area contributed by atoms with E-state index in [4.69, 9.17) is 5.73 Å². The summed E-state index contributed by atoms with van der Waals surface area (Å²) >= 11 is 0. The minimum absolute atomic E-state index is 0. The van der Waals surface area contributed by atoms with Gasteiger partial charge in [-0.15, -0.1) is 24.8 Å². The highest BCUT2D eigenvalue weighted by Gasteiger charge is 2.31. The zero-order valence-electron chi connectivity index (χ0n) is 10.9. The Morgan fingerprint density at radius 3 is 2.28 bits per heavy atom. The maximum Gasteiger partial charge on any atom is 0.224 e. The molecule has 1 amide bonds. The number of hydrogen-bond acceptors (Lipinski definition) is 3. The third-order valence-electron chi connectivity index (χ3n) is 3.97. The molecule has 0 aromatic carbocycles. The summed E-state index contributed by atoms with van der Waals surface area (Å²) in [4.78, 5) is 14.3. The minimum Gasteiger partial charge on any atom is -0.353 e. The van der Waals surface area contributed by atoms with Crippen LogP contribution in [0.5, 0.6) is 0 Å². The fourth-order valence-corrected chi connectivity index (χ4v) is 2.78. The molecular weight excluding hydrogens is 273 g/mol. The number of likely N-dealkylation sites (tertiary alicyclic amines) is 1. The summed E-state index contributed by atoms with van der Waals surface area (Å²) in [6, 6.07) is 0.461. The van der Waals surface area contributed by atoms with Crippen LogP contribution in [-0.4, -0.2) is 43.0 Å². The van der Waals surface area contributed by atoms with Crippen LogP contribution in [0, 0.1) is 5.92 Å². The van der Waals surface area contributed by atoms with Crippen molar-refractivity contribution in [2.45, 2.75) is 44.2 Å². The molecule has 6 heteroatoms. The number of nitrogens with two attached hydrogens (primary N) is 1. The van der Waals surface area contributed by atoms with Gasteiger partial charge in [0.05, 0.1) is 5.92 Å². The van der Waals surface area contributed by atoms with Gasteiger partial charge in [-0.3, -0.25) is 4.79 Å². The molecule has 0 radical (unpaired) electrons. The van der Waals surface area contributed by atoms with E-state index in [2.05, 4.69) is 17.3 Å². The predicted octanol–water partition coefficient (Wildman–Crippen LogP) is 1.17. The number of hydrogen-bond donors (Lipinski definition) is 2. The van der Waals surface area contributed by atoms with Gasteiger partial charge in [-0.25, -0.2) is 0 Å². The largest absolute Gasteiger partial charge is 0.353 e. The molecule has 3 N–H and O–H groups in total. The molecule has 1 heterocycles. The highest BCUT2D eigenvalue weighted by Crippen LogP contribution is 2.24. The lowest BCUT2D eigenvalue weighted by atomic mass is 10.0. The number of rotatable bonds is 2. The van der Waals surface area contributed by atoms with Crippen LogP contribution < -0.4 is 11.1 Å². The number of carbonyl (C=O) groups excluding carboxylic acids is 1. The van der Waals surface area contributed by atoms with Gasteiger partial charge in [0.25, 0.3) is 0 Å². The van der Waals surface area contributed by atoms with Gasteiger partial charge in [0, 0.05) is 12.1 Å². The molecular formula is C12H25Cl2N3O. The normalized spacial score (nSPS) is 29.2. The van der Waals surface area contributed by atoms with Gasteiger partial charge in [-0.05, 0) is 45.8 Å². The first kappa shape index (κ1) is 18.0. The first-order valence-electron chi connectivity index (χ1n) is 6.41. The van der Waals surface area contributed by atoms with Gasteiger partial charge in [-0.2, -0.15) is 0 Å². The quantitative estimate of drug-likeness (QED) is 0.804. The summed E-state index contributed by atoms with van der Waals surface area (Å²) in [5.74, 6) is 0.263. The van der Waals surface area contributed by atoms with E-state index in [-0.39, 0.29) is 42.7 Å². The third-order valence-corrected chi connectivity index (χ3v) is 3.97. The van der Waals surface area contributed by atoms with Crippen LogP contribution in [0.25, 0.3) is 0 Å². The number of nitrogens with one attached hydrogen (secondary N) is 1. The third kappa shape index (κ3) is 4.57. The van der Waals surface area contributed by atoms with Crippen molar-refractivity contribution in [3.63, 3.8) is 0 Å². The summed E-state index contributed by atoms with van der Waals surface area (Å²) in [5, 5.41) is 3.17. The molecule has 2 unspecified atom stereocenters. The predicted molar refractivity (Wildman–Crippen MR) is 78.5 cm³/mol. The van der Waals surface area contributed by atoms with Crippen molar-refractivity contribution >= 4 is 30.7 Å². The van der Waals surface area contributed by atoms with Gasteiger partial charge in [0.1, 0.15) is 0 Å². The second-order valence-corrected chi connectivity index (χ2v) is 5.29. The fraction of sp³-hybridized carbons (Fsp3) is 0.917. The highest BCUT2D eigenvalue weighted by molar-refractivity contribution is 5.85. The van der Waals surface area contributed by atoms with Gasteiger partial charge >= 0.3 is 0 Å². The standard InChI is InChI=1S/C12H23N3O.2ClH/c1-15-7-5-9(6-8-15)14-12(16)10-3-2-4-11(10)13;;/h9-11H,2-8,13H2,1H3,(H,14,16);2*1H. The van der Waals surface area contributed by atoms with Crippen molar-refractivity contribution in [1.29, 1.82) is 0 Å². The van der Waals surface area contributed by atoms with E-state index in [0.717, 1.165) is 45.2 Å². The zero-order chi connectivity index (χ0) is 11.5. The molecule has 2 aliphatic rings. The summed E-state index contributed by atoms with van der Waals surface area (Å²) in [5.41, 5.74) is 5.94. The molecule has 1 saturated heterocycles. The second-order valence-electron chi connectivity index (χ2n) is 5.29. The van der Waals surface area contributed by atoms with Gasteiger partial charge in [-0.1, -0.05) is 6.42 Å². The Morgan fingerprint density at radius 2 is 1.78 bits per heavy atom. The maximum atomic E-state index is 12.0. The van der Waals surface area contributed by atoms with E-state index in [9.17, 15) is 4.79 Å². The van der Waals surface area contributed by atoms with Gasteiger partial charge in [0.15, 0.2) is 0 Å². The Morgan fingerprint density at radius 1 is 1.17 bits per heavy atom. The molecule has 18 heavy (non-hydrogen) atoms. The average molecular weight is 298 g/mol. The number of carbonyl (C=O) groups is 1. The number of nitrogens with zero attached hydrogens (tertiary/aromatic N) is 1. The Labute approximate surface area is 122 Å². The molecule has 1 aliphatic carbocycles. The van der Waals surface area contributed by atoms with E-state index in [1.807, 2.05) is 0 Å². The molecule has 2 atom stereocenters. The minimum atomic E-state index is 0. The summed E-state index contributed by atoms with van der Waals surface area (Å²) < 4.78 is 0. The Balaban J connectivity index is 0.00000144. The monoisotopic (exact) mass is 297 g/mol. The Kier molecular flexibility index (Phi) is 8.19.